The number of carbonyl (C=O) groups is 4. The molecule has 1 aliphatic heterocycles. The van der Waals surface area contributed by atoms with Gasteiger partial charge in [0.1, 0.15) is 11.6 Å². The number of benzene rings is 1. The lowest BCUT2D eigenvalue weighted by Gasteiger charge is -2.33. The first-order chi connectivity index (χ1) is 18.8. The molecule has 2 fully saturated rings. The summed E-state index contributed by atoms with van der Waals surface area (Å²) in [6.45, 7) is 6.55. The lowest BCUT2D eigenvalue weighted by molar-refractivity contribution is -0.153. The molecule has 8 nitrogen and oxygen atoms in total. The fraction of sp³-hybridized carbons (Fsp3) is 0.613. The number of rotatable bonds is 9. The van der Waals surface area contributed by atoms with Crippen molar-refractivity contribution in [2.24, 2.45) is 11.8 Å². The summed E-state index contributed by atoms with van der Waals surface area (Å²) in [5.74, 6) is -0.757. The number of carbonyl (C=O) groups excluding carboxylic acids is 4. The van der Waals surface area contributed by atoms with Crippen LogP contribution in [0.5, 0.6) is 0 Å². The van der Waals surface area contributed by atoms with Gasteiger partial charge < -0.3 is 15.1 Å². The number of Topliss-reactive ketones (excluding diaryl/α,β-unsaturated/α-hetero) is 1. The van der Waals surface area contributed by atoms with E-state index in [0.717, 1.165) is 24.6 Å². The van der Waals surface area contributed by atoms with Crippen LogP contribution in [0.2, 0.25) is 0 Å². The summed E-state index contributed by atoms with van der Waals surface area (Å²) >= 11 is 0. The molecule has 1 aromatic carbocycles. The zero-order chi connectivity index (χ0) is 27.9. The molecule has 0 radical (unpaired) electrons. The molecule has 1 aromatic heterocycles. The van der Waals surface area contributed by atoms with Crippen LogP contribution in [-0.2, 0) is 14.4 Å². The van der Waals surface area contributed by atoms with Crippen molar-refractivity contribution >= 4 is 34.5 Å². The molecule has 8 heteroatoms. The van der Waals surface area contributed by atoms with Crippen LogP contribution < -0.4 is 10.6 Å². The second kappa shape index (κ2) is 13.4. The summed E-state index contributed by atoms with van der Waals surface area (Å²) in [4.78, 5) is 55.6. The lowest BCUT2D eigenvalue weighted by Crippen LogP contribution is -2.57. The van der Waals surface area contributed by atoms with Gasteiger partial charge in [-0.2, -0.15) is 0 Å². The number of imide groups is 1. The maximum absolute atomic E-state index is 14.1. The number of hydrogen-bond acceptors (Lipinski definition) is 6. The van der Waals surface area contributed by atoms with E-state index in [4.69, 9.17) is 4.42 Å². The first kappa shape index (κ1) is 29.0. The van der Waals surface area contributed by atoms with Crippen LogP contribution in [0.4, 0.5) is 0 Å². The van der Waals surface area contributed by atoms with E-state index in [1.165, 1.54) is 24.2 Å². The minimum Gasteiger partial charge on any atom is -0.451 e. The maximum Gasteiger partial charge on any atom is 0.287 e. The Morgan fingerprint density at radius 1 is 1.08 bits per heavy atom. The molecular weight excluding hydrogens is 494 g/mol. The van der Waals surface area contributed by atoms with E-state index >= 15 is 0 Å². The zero-order valence-corrected chi connectivity index (χ0v) is 23.6. The van der Waals surface area contributed by atoms with Gasteiger partial charge >= 0.3 is 0 Å². The first-order valence-corrected chi connectivity index (χ1v) is 14.6. The van der Waals surface area contributed by atoms with Crippen molar-refractivity contribution in [3.63, 3.8) is 0 Å². The Bertz CT molecular complexity index is 1180. The Labute approximate surface area is 231 Å². The standard InChI is InChI=1S/C31H43N3O5/c1-20(2)18-24(33-30(37)29-21(3)23-12-7-8-14-27(23)39-29)31(38)34(25-13-9-17-32-19-26(25)35)28(36)16-15-22-10-5-4-6-11-22/h7-8,12,14,20,22,24-25,32H,4-6,9-11,13,15-19H2,1-3H3,(H,33,37)/t24?,25-/m0/s1. The molecule has 2 N–H and O–H groups in total. The van der Waals surface area contributed by atoms with E-state index < -0.39 is 23.9 Å². The highest BCUT2D eigenvalue weighted by molar-refractivity contribution is 6.06. The molecule has 0 bridgehead atoms. The molecule has 212 valence electrons. The third-order valence-electron chi connectivity index (χ3n) is 8.17. The number of nitrogens with zero attached hydrogens (tertiary/aromatic N) is 1. The van der Waals surface area contributed by atoms with Gasteiger partial charge in [-0.25, -0.2) is 0 Å². The van der Waals surface area contributed by atoms with E-state index in [9.17, 15) is 19.2 Å². The van der Waals surface area contributed by atoms with Crippen molar-refractivity contribution in [1.29, 1.82) is 0 Å². The molecule has 2 atom stereocenters. The van der Waals surface area contributed by atoms with Gasteiger partial charge in [0.2, 0.25) is 5.91 Å². The smallest absolute Gasteiger partial charge is 0.287 e. The predicted molar refractivity (Wildman–Crippen MR) is 150 cm³/mol. The zero-order valence-electron chi connectivity index (χ0n) is 23.6. The van der Waals surface area contributed by atoms with E-state index in [2.05, 4.69) is 10.6 Å². The topological polar surface area (TPSA) is 109 Å². The molecule has 0 spiro atoms. The van der Waals surface area contributed by atoms with E-state index in [1.54, 1.807) is 6.07 Å². The molecule has 39 heavy (non-hydrogen) atoms. The average Bonchev–Trinajstić information content (AvgIpc) is 3.12. The van der Waals surface area contributed by atoms with Gasteiger partial charge in [-0.3, -0.25) is 24.1 Å². The summed E-state index contributed by atoms with van der Waals surface area (Å²) in [6.07, 6.45) is 8.23. The number of furan rings is 1. The lowest BCUT2D eigenvalue weighted by atomic mass is 9.86. The highest BCUT2D eigenvalue weighted by Crippen LogP contribution is 2.29. The molecule has 1 aliphatic carbocycles. The molecular formula is C31H43N3O5. The number of fused-ring (bicyclic) bond motifs is 1. The number of aryl methyl sites for hydroxylation is 1. The summed E-state index contributed by atoms with van der Waals surface area (Å²) in [7, 11) is 0. The van der Waals surface area contributed by atoms with E-state index in [-0.39, 0.29) is 36.3 Å². The molecule has 4 rings (SSSR count). The second-order valence-electron chi connectivity index (χ2n) is 11.7. The van der Waals surface area contributed by atoms with E-state index in [1.807, 2.05) is 39.0 Å². The Hall–Kier alpha value is -3.00. The van der Waals surface area contributed by atoms with Crippen molar-refractivity contribution < 1.29 is 23.6 Å². The van der Waals surface area contributed by atoms with Crippen LogP contribution in [0, 0.1) is 18.8 Å². The average molecular weight is 538 g/mol. The van der Waals surface area contributed by atoms with Crippen molar-refractivity contribution in [1.82, 2.24) is 15.5 Å². The third kappa shape index (κ3) is 7.15. The number of para-hydroxylation sites is 1. The quantitative estimate of drug-likeness (QED) is 0.470. The Morgan fingerprint density at radius 3 is 2.54 bits per heavy atom. The Balaban J connectivity index is 1.59. The van der Waals surface area contributed by atoms with Crippen LogP contribution in [0.3, 0.4) is 0 Å². The van der Waals surface area contributed by atoms with Gasteiger partial charge in [0.05, 0.1) is 12.6 Å². The summed E-state index contributed by atoms with van der Waals surface area (Å²) < 4.78 is 5.84. The van der Waals surface area contributed by atoms with Crippen molar-refractivity contribution in [3.05, 3.63) is 35.6 Å². The maximum atomic E-state index is 14.1. The highest BCUT2D eigenvalue weighted by atomic mass is 16.3. The van der Waals surface area contributed by atoms with Crippen LogP contribution in [0.15, 0.2) is 28.7 Å². The van der Waals surface area contributed by atoms with Crippen molar-refractivity contribution in [3.8, 4) is 0 Å². The molecule has 1 saturated carbocycles. The molecule has 1 unspecified atom stereocenters. The fourth-order valence-corrected chi connectivity index (χ4v) is 6.03. The van der Waals surface area contributed by atoms with Crippen molar-refractivity contribution in [2.75, 3.05) is 13.1 Å². The Morgan fingerprint density at radius 2 is 1.82 bits per heavy atom. The summed E-state index contributed by atoms with van der Waals surface area (Å²) in [5, 5.41) is 6.81. The van der Waals surface area contributed by atoms with Gasteiger partial charge in [0.25, 0.3) is 11.8 Å². The minimum absolute atomic E-state index is 0.0710. The monoisotopic (exact) mass is 537 g/mol. The van der Waals surface area contributed by atoms with Gasteiger partial charge in [0, 0.05) is 17.4 Å². The van der Waals surface area contributed by atoms with Gasteiger partial charge in [-0.05, 0) is 57.1 Å². The van der Waals surface area contributed by atoms with E-state index in [0.29, 0.717) is 42.9 Å². The molecule has 2 aliphatic rings. The van der Waals surface area contributed by atoms with Crippen LogP contribution >= 0.6 is 0 Å². The van der Waals surface area contributed by atoms with Gasteiger partial charge in [-0.15, -0.1) is 0 Å². The first-order valence-electron chi connectivity index (χ1n) is 14.6. The SMILES string of the molecule is Cc1c(C(=O)NC(CC(C)C)C(=O)N(C(=O)CCC2CCCCC2)[C@H]2CCCNCC2=O)oc2ccccc12. The predicted octanol–water partition coefficient (Wildman–Crippen LogP) is 4.92. The highest BCUT2D eigenvalue weighted by Gasteiger charge is 2.39. The summed E-state index contributed by atoms with van der Waals surface area (Å²) in [6, 6.07) is 5.65. The largest absolute Gasteiger partial charge is 0.451 e. The molecule has 1 saturated heterocycles. The van der Waals surface area contributed by atoms with Gasteiger partial charge in [0.15, 0.2) is 11.5 Å². The van der Waals surface area contributed by atoms with Crippen LogP contribution in [-0.4, -0.2) is 53.6 Å². The number of amides is 3. The molecule has 2 heterocycles. The number of nitrogens with one attached hydrogen (secondary N) is 2. The number of hydrogen-bond donors (Lipinski definition) is 2. The summed E-state index contributed by atoms with van der Waals surface area (Å²) in [5.41, 5.74) is 1.30. The van der Waals surface area contributed by atoms with Crippen molar-refractivity contribution in [2.45, 2.75) is 97.1 Å². The van der Waals surface area contributed by atoms with Crippen LogP contribution in [0.1, 0.15) is 94.2 Å². The minimum atomic E-state index is -0.951. The second-order valence-corrected chi connectivity index (χ2v) is 11.7. The van der Waals surface area contributed by atoms with Gasteiger partial charge in [-0.1, -0.05) is 64.2 Å². The fourth-order valence-electron chi connectivity index (χ4n) is 6.03. The molecule has 3 amide bonds. The normalized spacial score (nSPS) is 19.6. The number of ketones is 1. The Kier molecular flexibility index (Phi) is 9.94. The molecule has 2 aromatic rings. The third-order valence-corrected chi connectivity index (χ3v) is 8.17. The van der Waals surface area contributed by atoms with Crippen LogP contribution in [0.25, 0.3) is 11.0 Å².